The van der Waals surface area contributed by atoms with Crippen molar-refractivity contribution in [3.8, 4) is 0 Å². The van der Waals surface area contributed by atoms with Crippen LogP contribution in [0.15, 0.2) is 54.6 Å². The van der Waals surface area contributed by atoms with Gasteiger partial charge in [0, 0.05) is 11.6 Å². The Labute approximate surface area is 147 Å². The molecule has 2 N–H and O–H groups in total. The highest BCUT2D eigenvalue weighted by atomic mass is 35.5. The molecule has 4 nitrogen and oxygen atoms in total. The smallest absolute Gasteiger partial charge is 0.215 e. The van der Waals surface area contributed by atoms with Gasteiger partial charge >= 0.3 is 0 Å². The van der Waals surface area contributed by atoms with E-state index in [4.69, 9.17) is 11.6 Å². The zero-order chi connectivity index (χ0) is 17.2. The molecule has 1 aliphatic carbocycles. The molecular weight excluding hydrogens is 346 g/mol. The van der Waals surface area contributed by atoms with Crippen LogP contribution in [0.25, 0.3) is 0 Å². The molecule has 0 saturated heterocycles. The van der Waals surface area contributed by atoms with Crippen LogP contribution in [0.4, 0.5) is 0 Å². The average molecular weight is 366 g/mol. The molecule has 3 rings (SSSR count). The first-order valence-corrected chi connectivity index (χ1v) is 9.92. The van der Waals surface area contributed by atoms with Crippen molar-refractivity contribution in [2.45, 2.75) is 24.2 Å². The number of halogens is 1. The van der Waals surface area contributed by atoms with Gasteiger partial charge in [-0.1, -0.05) is 60.1 Å². The minimum Gasteiger partial charge on any atom is -0.383 e. The molecule has 1 saturated carbocycles. The molecule has 1 atom stereocenters. The van der Waals surface area contributed by atoms with Crippen LogP contribution in [0.1, 0.15) is 24.0 Å². The summed E-state index contributed by atoms with van der Waals surface area (Å²) in [6.07, 6.45) is 1.80. The molecule has 24 heavy (non-hydrogen) atoms. The quantitative estimate of drug-likeness (QED) is 0.792. The largest absolute Gasteiger partial charge is 0.383 e. The van der Waals surface area contributed by atoms with Gasteiger partial charge in [-0.15, -0.1) is 0 Å². The number of sulfonamides is 1. The van der Waals surface area contributed by atoms with E-state index in [1.807, 2.05) is 30.3 Å². The molecule has 1 fully saturated rings. The Bertz CT molecular complexity index is 806. The van der Waals surface area contributed by atoms with Gasteiger partial charge in [-0.05, 0) is 36.0 Å². The summed E-state index contributed by atoms with van der Waals surface area (Å²) in [5, 5.41) is 11.5. The molecule has 0 radical (unpaired) electrons. The Morgan fingerprint density at radius 3 is 2.33 bits per heavy atom. The van der Waals surface area contributed by atoms with Gasteiger partial charge in [-0.3, -0.25) is 0 Å². The zero-order valence-electron chi connectivity index (χ0n) is 13.2. The second-order valence-electron chi connectivity index (χ2n) is 6.24. The Morgan fingerprint density at radius 2 is 1.71 bits per heavy atom. The summed E-state index contributed by atoms with van der Waals surface area (Å²) < 4.78 is 27.3. The molecule has 128 valence electrons. The average Bonchev–Trinajstić information content (AvgIpc) is 3.41. The molecule has 1 unspecified atom stereocenters. The third-order valence-corrected chi connectivity index (χ3v) is 6.04. The predicted molar refractivity (Wildman–Crippen MR) is 95.1 cm³/mol. The van der Waals surface area contributed by atoms with Crippen LogP contribution in [0.3, 0.4) is 0 Å². The van der Waals surface area contributed by atoms with Crippen LogP contribution in [0, 0.1) is 5.92 Å². The highest BCUT2D eigenvalue weighted by molar-refractivity contribution is 7.88. The molecule has 2 aromatic rings. The van der Waals surface area contributed by atoms with E-state index in [-0.39, 0.29) is 18.2 Å². The van der Waals surface area contributed by atoms with E-state index in [2.05, 4.69) is 4.72 Å². The Balaban J connectivity index is 1.74. The third-order valence-electron chi connectivity index (χ3n) is 4.39. The fourth-order valence-corrected chi connectivity index (χ4v) is 4.35. The Kier molecular flexibility index (Phi) is 4.97. The van der Waals surface area contributed by atoms with Crippen LogP contribution >= 0.6 is 11.6 Å². The van der Waals surface area contributed by atoms with Gasteiger partial charge in [0.05, 0.1) is 5.75 Å². The normalized spacial score (nSPS) is 17.4. The van der Waals surface area contributed by atoms with Gasteiger partial charge in [0.25, 0.3) is 0 Å². The molecular formula is C18H20ClNO3S. The molecule has 0 amide bonds. The lowest BCUT2D eigenvalue weighted by atomic mass is 9.89. The van der Waals surface area contributed by atoms with Crippen LogP contribution in [-0.2, 0) is 21.4 Å². The van der Waals surface area contributed by atoms with E-state index in [9.17, 15) is 13.5 Å². The maximum atomic E-state index is 12.4. The van der Waals surface area contributed by atoms with Crippen molar-refractivity contribution >= 4 is 21.6 Å². The number of aliphatic hydroxyl groups is 1. The molecule has 6 heteroatoms. The topological polar surface area (TPSA) is 66.4 Å². The van der Waals surface area contributed by atoms with Gasteiger partial charge in [0.1, 0.15) is 5.60 Å². The molecule has 0 heterocycles. The number of nitrogens with one attached hydrogen (secondary N) is 1. The van der Waals surface area contributed by atoms with Crippen molar-refractivity contribution in [1.29, 1.82) is 0 Å². The van der Waals surface area contributed by atoms with E-state index in [0.717, 1.165) is 18.4 Å². The number of hydrogen-bond acceptors (Lipinski definition) is 3. The molecule has 0 spiro atoms. The summed E-state index contributed by atoms with van der Waals surface area (Å²) in [5.41, 5.74) is 0.115. The predicted octanol–water partition coefficient (Wildman–Crippen LogP) is 3.06. The van der Waals surface area contributed by atoms with Gasteiger partial charge < -0.3 is 5.11 Å². The highest BCUT2D eigenvalue weighted by Gasteiger charge is 2.45. The molecule has 0 aliphatic heterocycles. The summed E-state index contributed by atoms with van der Waals surface area (Å²) in [5.74, 6) is -0.120. The maximum absolute atomic E-state index is 12.4. The second kappa shape index (κ2) is 6.84. The van der Waals surface area contributed by atoms with Crippen LogP contribution in [-0.4, -0.2) is 20.1 Å². The molecule has 0 bridgehead atoms. The minimum atomic E-state index is -3.60. The summed E-state index contributed by atoms with van der Waals surface area (Å²) in [6, 6.07) is 16.1. The Hall–Kier alpha value is -1.40. The first kappa shape index (κ1) is 17.4. The SMILES string of the molecule is O=S(=O)(Cc1ccccc1Cl)NCC(O)(c1ccccc1)C1CC1. The van der Waals surface area contributed by atoms with Crippen molar-refractivity contribution in [2.75, 3.05) is 6.54 Å². The molecule has 2 aromatic carbocycles. The van der Waals surface area contributed by atoms with E-state index >= 15 is 0 Å². The minimum absolute atomic E-state index is 0.0333. The lowest BCUT2D eigenvalue weighted by Crippen LogP contribution is -2.42. The van der Waals surface area contributed by atoms with Gasteiger partial charge in [-0.2, -0.15) is 0 Å². The zero-order valence-corrected chi connectivity index (χ0v) is 14.7. The number of benzene rings is 2. The summed E-state index contributed by atoms with van der Waals surface area (Å²) in [6.45, 7) is -0.0333. The van der Waals surface area contributed by atoms with Crippen molar-refractivity contribution < 1.29 is 13.5 Å². The summed E-state index contributed by atoms with van der Waals surface area (Å²) in [4.78, 5) is 0. The first-order valence-electron chi connectivity index (χ1n) is 7.89. The van der Waals surface area contributed by atoms with Crippen molar-refractivity contribution in [3.63, 3.8) is 0 Å². The molecule has 0 aromatic heterocycles. The Morgan fingerprint density at radius 1 is 1.08 bits per heavy atom. The fraction of sp³-hybridized carbons (Fsp3) is 0.333. The first-order chi connectivity index (χ1) is 11.4. The molecule has 1 aliphatic rings. The summed E-state index contributed by atoms with van der Waals surface area (Å²) >= 11 is 6.04. The standard InChI is InChI=1S/C18H20ClNO3S/c19-17-9-5-4-6-14(17)12-24(22,23)20-13-18(21,16-10-11-16)15-7-2-1-3-8-15/h1-9,16,20-21H,10-13H2. The maximum Gasteiger partial charge on any atom is 0.215 e. The van der Waals surface area contributed by atoms with E-state index in [0.29, 0.717) is 10.6 Å². The van der Waals surface area contributed by atoms with Gasteiger partial charge in [0.15, 0.2) is 0 Å². The monoisotopic (exact) mass is 365 g/mol. The lowest BCUT2D eigenvalue weighted by molar-refractivity contribution is 0.0185. The highest BCUT2D eigenvalue weighted by Crippen LogP contribution is 2.45. The van der Waals surface area contributed by atoms with Gasteiger partial charge in [0.2, 0.25) is 10.0 Å². The van der Waals surface area contributed by atoms with Crippen LogP contribution in [0.5, 0.6) is 0 Å². The second-order valence-corrected chi connectivity index (χ2v) is 8.45. The number of rotatable bonds is 7. The van der Waals surface area contributed by atoms with Crippen molar-refractivity contribution in [2.24, 2.45) is 5.92 Å². The van der Waals surface area contributed by atoms with E-state index in [1.54, 1.807) is 24.3 Å². The summed E-state index contributed by atoms with van der Waals surface area (Å²) in [7, 11) is -3.60. The van der Waals surface area contributed by atoms with E-state index < -0.39 is 15.6 Å². The van der Waals surface area contributed by atoms with Crippen LogP contribution < -0.4 is 4.72 Å². The number of hydrogen-bond donors (Lipinski definition) is 2. The van der Waals surface area contributed by atoms with Crippen molar-refractivity contribution in [3.05, 3.63) is 70.7 Å². The van der Waals surface area contributed by atoms with Crippen molar-refractivity contribution in [1.82, 2.24) is 4.72 Å². The third kappa shape index (κ3) is 3.98. The lowest BCUT2D eigenvalue weighted by Gasteiger charge is -2.29. The fourth-order valence-electron chi connectivity index (χ4n) is 2.86. The van der Waals surface area contributed by atoms with E-state index in [1.165, 1.54) is 0 Å². The van der Waals surface area contributed by atoms with Crippen LogP contribution in [0.2, 0.25) is 5.02 Å². The van der Waals surface area contributed by atoms with Gasteiger partial charge in [-0.25, -0.2) is 13.1 Å².